The molecule has 29 heavy (non-hydrogen) atoms. The standard InChI is InChI=1S/C21H26FN7/c1-3-23-21(25-13-19-27-17-8-4-5-9-18(17)28(19)2)26-15-10-12-29(14-15)20-16(22)7-6-11-24-20/h4-9,11,15H,3,10,12-14H2,1-2H3,(H2,23,25,26). The number of aromatic nitrogens is 3. The molecule has 7 nitrogen and oxygen atoms in total. The van der Waals surface area contributed by atoms with Gasteiger partial charge in [0, 0.05) is 38.9 Å². The average molecular weight is 395 g/mol. The van der Waals surface area contributed by atoms with E-state index in [-0.39, 0.29) is 11.9 Å². The van der Waals surface area contributed by atoms with Gasteiger partial charge in [0.05, 0.1) is 11.0 Å². The number of fused-ring (bicyclic) bond motifs is 1. The number of hydrogen-bond acceptors (Lipinski definition) is 4. The minimum absolute atomic E-state index is 0.176. The number of pyridine rings is 1. The Balaban J connectivity index is 1.44. The molecule has 0 spiro atoms. The van der Waals surface area contributed by atoms with Gasteiger partial charge in [-0.1, -0.05) is 12.1 Å². The molecule has 1 saturated heterocycles. The van der Waals surface area contributed by atoms with Crippen molar-refractivity contribution in [2.24, 2.45) is 12.0 Å². The molecule has 152 valence electrons. The highest BCUT2D eigenvalue weighted by Gasteiger charge is 2.26. The minimum Gasteiger partial charge on any atom is -0.357 e. The number of hydrogen-bond donors (Lipinski definition) is 2. The maximum atomic E-state index is 14.0. The van der Waals surface area contributed by atoms with Crippen molar-refractivity contribution in [2.45, 2.75) is 25.9 Å². The van der Waals surface area contributed by atoms with Crippen molar-refractivity contribution in [1.82, 2.24) is 25.2 Å². The topological polar surface area (TPSA) is 70.4 Å². The molecule has 0 saturated carbocycles. The highest BCUT2D eigenvalue weighted by Crippen LogP contribution is 2.21. The summed E-state index contributed by atoms with van der Waals surface area (Å²) in [6, 6.07) is 11.3. The van der Waals surface area contributed by atoms with Crippen LogP contribution in [-0.2, 0) is 13.6 Å². The SMILES string of the molecule is CCNC(=NCc1nc2ccccc2n1C)NC1CCN(c2ncccc2F)C1. The number of nitrogens with zero attached hydrogens (tertiary/aromatic N) is 5. The lowest BCUT2D eigenvalue weighted by Crippen LogP contribution is -2.44. The third-order valence-corrected chi connectivity index (χ3v) is 5.17. The van der Waals surface area contributed by atoms with E-state index < -0.39 is 0 Å². The second kappa shape index (κ2) is 8.46. The molecule has 0 bridgehead atoms. The van der Waals surface area contributed by atoms with E-state index in [0.29, 0.717) is 18.9 Å². The quantitative estimate of drug-likeness (QED) is 0.513. The van der Waals surface area contributed by atoms with Crippen LogP contribution in [0.15, 0.2) is 47.6 Å². The first-order chi connectivity index (χ1) is 14.2. The van der Waals surface area contributed by atoms with Crippen LogP contribution in [0.4, 0.5) is 10.2 Å². The van der Waals surface area contributed by atoms with Gasteiger partial charge in [-0.25, -0.2) is 19.4 Å². The van der Waals surface area contributed by atoms with Crippen LogP contribution in [0.25, 0.3) is 11.0 Å². The smallest absolute Gasteiger partial charge is 0.191 e. The molecule has 1 aliphatic rings. The Morgan fingerprint density at radius 1 is 1.28 bits per heavy atom. The molecule has 1 aliphatic heterocycles. The summed E-state index contributed by atoms with van der Waals surface area (Å²) >= 11 is 0. The van der Waals surface area contributed by atoms with Gasteiger partial charge in [-0.05, 0) is 37.6 Å². The van der Waals surface area contributed by atoms with Gasteiger partial charge in [0.15, 0.2) is 17.6 Å². The molecule has 1 unspecified atom stereocenters. The minimum atomic E-state index is -0.282. The van der Waals surface area contributed by atoms with Crippen LogP contribution in [0.2, 0.25) is 0 Å². The first kappa shape index (κ1) is 19.2. The van der Waals surface area contributed by atoms with E-state index in [4.69, 9.17) is 4.99 Å². The first-order valence-electron chi connectivity index (χ1n) is 9.96. The van der Waals surface area contributed by atoms with E-state index in [2.05, 4.69) is 31.2 Å². The monoisotopic (exact) mass is 395 g/mol. The van der Waals surface area contributed by atoms with Gasteiger partial charge in [-0.2, -0.15) is 0 Å². The summed E-state index contributed by atoms with van der Waals surface area (Å²) in [7, 11) is 2.01. The highest BCUT2D eigenvalue weighted by atomic mass is 19.1. The summed E-state index contributed by atoms with van der Waals surface area (Å²) in [6.45, 7) is 4.72. The van der Waals surface area contributed by atoms with Crippen molar-refractivity contribution in [2.75, 3.05) is 24.5 Å². The lowest BCUT2D eigenvalue weighted by molar-refractivity contribution is 0.612. The van der Waals surface area contributed by atoms with Crippen molar-refractivity contribution >= 4 is 22.8 Å². The Labute approximate surface area is 169 Å². The molecular weight excluding hydrogens is 369 g/mol. The van der Waals surface area contributed by atoms with Crippen LogP contribution >= 0.6 is 0 Å². The number of para-hydroxylation sites is 2. The number of nitrogens with one attached hydrogen (secondary N) is 2. The number of halogens is 1. The average Bonchev–Trinajstić information content (AvgIpc) is 3.31. The maximum absolute atomic E-state index is 14.0. The second-order valence-electron chi connectivity index (χ2n) is 7.16. The summed E-state index contributed by atoms with van der Waals surface area (Å²) in [5.41, 5.74) is 2.07. The van der Waals surface area contributed by atoms with Crippen LogP contribution in [-0.4, -0.2) is 46.2 Å². The Morgan fingerprint density at radius 3 is 2.93 bits per heavy atom. The zero-order valence-corrected chi connectivity index (χ0v) is 16.8. The van der Waals surface area contributed by atoms with Gasteiger partial charge in [-0.15, -0.1) is 0 Å². The molecule has 8 heteroatoms. The molecule has 0 aliphatic carbocycles. The summed E-state index contributed by atoms with van der Waals surface area (Å²) in [5.74, 6) is 1.79. The number of benzene rings is 1. The largest absolute Gasteiger partial charge is 0.357 e. The van der Waals surface area contributed by atoms with Gasteiger partial charge >= 0.3 is 0 Å². The molecule has 1 atom stereocenters. The third-order valence-electron chi connectivity index (χ3n) is 5.17. The summed E-state index contributed by atoms with van der Waals surface area (Å²) in [5, 5.41) is 6.76. The number of imidazole rings is 1. The molecule has 1 fully saturated rings. The number of aliphatic imine (C=N–C) groups is 1. The molecule has 3 heterocycles. The van der Waals surface area contributed by atoms with Crippen LogP contribution < -0.4 is 15.5 Å². The van der Waals surface area contributed by atoms with Gasteiger partial charge in [0.2, 0.25) is 0 Å². The molecule has 4 rings (SSSR count). The van der Waals surface area contributed by atoms with E-state index in [1.165, 1.54) is 6.07 Å². The lowest BCUT2D eigenvalue weighted by atomic mass is 10.3. The van der Waals surface area contributed by atoms with Crippen molar-refractivity contribution in [3.05, 3.63) is 54.2 Å². The fraction of sp³-hybridized carbons (Fsp3) is 0.381. The Kier molecular flexibility index (Phi) is 5.59. The first-order valence-corrected chi connectivity index (χ1v) is 9.96. The maximum Gasteiger partial charge on any atom is 0.191 e. The molecule has 2 aromatic heterocycles. The van der Waals surface area contributed by atoms with Gasteiger partial charge in [0.25, 0.3) is 0 Å². The Morgan fingerprint density at radius 2 is 2.14 bits per heavy atom. The van der Waals surface area contributed by atoms with Crippen molar-refractivity contribution in [3.8, 4) is 0 Å². The lowest BCUT2D eigenvalue weighted by Gasteiger charge is -2.19. The highest BCUT2D eigenvalue weighted by molar-refractivity contribution is 5.80. The van der Waals surface area contributed by atoms with Gasteiger partial charge < -0.3 is 20.1 Å². The number of rotatable bonds is 5. The number of aryl methyl sites for hydroxylation is 1. The molecule has 1 aromatic carbocycles. The molecule has 0 amide bonds. The number of anilines is 1. The van der Waals surface area contributed by atoms with Gasteiger partial charge in [0.1, 0.15) is 12.4 Å². The van der Waals surface area contributed by atoms with Crippen LogP contribution in [0.5, 0.6) is 0 Å². The van der Waals surface area contributed by atoms with E-state index in [1.54, 1.807) is 12.3 Å². The summed E-state index contributed by atoms with van der Waals surface area (Å²) < 4.78 is 16.1. The Hall–Kier alpha value is -3.16. The predicted molar refractivity (Wildman–Crippen MR) is 113 cm³/mol. The zero-order valence-electron chi connectivity index (χ0n) is 16.8. The van der Waals surface area contributed by atoms with E-state index in [0.717, 1.165) is 42.3 Å². The predicted octanol–water partition coefficient (Wildman–Crippen LogP) is 2.44. The van der Waals surface area contributed by atoms with E-state index >= 15 is 0 Å². The van der Waals surface area contributed by atoms with Crippen molar-refractivity contribution in [3.63, 3.8) is 0 Å². The van der Waals surface area contributed by atoms with Gasteiger partial charge in [-0.3, -0.25) is 0 Å². The van der Waals surface area contributed by atoms with Crippen LogP contribution in [0, 0.1) is 5.82 Å². The fourth-order valence-electron chi connectivity index (χ4n) is 3.68. The zero-order chi connectivity index (χ0) is 20.2. The summed E-state index contributed by atoms with van der Waals surface area (Å²) in [6.07, 6.45) is 2.52. The normalized spacial score (nSPS) is 17.1. The van der Waals surface area contributed by atoms with E-state index in [9.17, 15) is 4.39 Å². The van der Waals surface area contributed by atoms with Crippen molar-refractivity contribution < 1.29 is 4.39 Å². The van der Waals surface area contributed by atoms with Crippen molar-refractivity contribution in [1.29, 1.82) is 0 Å². The fourth-order valence-corrected chi connectivity index (χ4v) is 3.68. The molecule has 3 aromatic rings. The molecule has 0 radical (unpaired) electrons. The number of guanidine groups is 1. The second-order valence-corrected chi connectivity index (χ2v) is 7.16. The Bertz CT molecular complexity index is 1010. The molecular formula is C21H26FN7. The van der Waals surface area contributed by atoms with E-state index in [1.807, 2.05) is 37.1 Å². The summed E-state index contributed by atoms with van der Waals surface area (Å²) in [4.78, 5) is 15.6. The third kappa shape index (κ3) is 4.16. The van der Waals surface area contributed by atoms with Crippen LogP contribution in [0.1, 0.15) is 19.2 Å². The molecule has 2 N–H and O–H groups in total. The van der Waals surface area contributed by atoms with Crippen LogP contribution in [0.3, 0.4) is 0 Å².